The van der Waals surface area contributed by atoms with Crippen LogP contribution in [0.25, 0.3) is 0 Å². The highest BCUT2D eigenvalue weighted by atomic mass is 16.6. The van der Waals surface area contributed by atoms with E-state index in [0.29, 0.717) is 19.3 Å². The molecule has 0 bridgehead atoms. The van der Waals surface area contributed by atoms with Gasteiger partial charge < -0.3 is 14.2 Å². The molecule has 0 saturated heterocycles. The molecule has 0 rings (SSSR count). The van der Waals surface area contributed by atoms with Gasteiger partial charge >= 0.3 is 17.9 Å². The minimum absolute atomic E-state index is 0.0648. The number of rotatable bonds is 44. The molecule has 0 fully saturated rings. The van der Waals surface area contributed by atoms with Crippen LogP contribution in [0, 0.1) is 11.8 Å². The second-order valence-corrected chi connectivity index (χ2v) is 17.8. The van der Waals surface area contributed by atoms with E-state index in [4.69, 9.17) is 14.2 Å². The summed E-state index contributed by atoms with van der Waals surface area (Å²) in [5.41, 5.74) is 0. The minimum atomic E-state index is -0.760. The van der Waals surface area contributed by atoms with E-state index in [1.807, 2.05) is 0 Å². The van der Waals surface area contributed by atoms with Gasteiger partial charge in [0.1, 0.15) is 13.2 Å². The summed E-state index contributed by atoms with van der Waals surface area (Å²) in [5.74, 6) is 0.810. The zero-order valence-corrected chi connectivity index (χ0v) is 38.3. The molecule has 6 nitrogen and oxygen atoms in total. The van der Waals surface area contributed by atoms with Crippen molar-refractivity contribution in [1.29, 1.82) is 0 Å². The summed E-state index contributed by atoms with van der Waals surface area (Å²) in [7, 11) is 0. The molecule has 0 aliphatic carbocycles. The predicted octanol–water partition coefficient (Wildman–Crippen LogP) is 15.8. The molecule has 0 heterocycles. The molecular formula is C50H96O6. The second-order valence-electron chi connectivity index (χ2n) is 17.8. The molecule has 1 unspecified atom stereocenters. The van der Waals surface area contributed by atoms with Crippen molar-refractivity contribution in [2.45, 2.75) is 278 Å². The van der Waals surface area contributed by atoms with Crippen LogP contribution in [0.4, 0.5) is 0 Å². The molecule has 0 saturated carbocycles. The number of esters is 3. The third-order valence-corrected chi connectivity index (χ3v) is 11.6. The van der Waals surface area contributed by atoms with Gasteiger partial charge in [-0.2, -0.15) is 0 Å². The van der Waals surface area contributed by atoms with Crippen LogP contribution >= 0.6 is 0 Å². The van der Waals surface area contributed by atoms with Gasteiger partial charge in [0.15, 0.2) is 6.10 Å². The number of carbonyl (C=O) groups is 3. The first kappa shape index (κ1) is 54.4. The molecule has 0 aliphatic heterocycles. The molecule has 0 radical (unpaired) electrons. The van der Waals surface area contributed by atoms with Crippen LogP contribution in [0.3, 0.4) is 0 Å². The molecule has 0 aliphatic rings. The van der Waals surface area contributed by atoms with Crippen molar-refractivity contribution >= 4 is 17.9 Å². The van der Waals surface area contributed by atoms with Crippen LogP contribution in [-0.4, -0.2) is 37.2 Å². The van der Waals surface area contributed by atoms with E-state index < -0.39 is 6.10 Å². The maximum Gasteiger partial charge on any atom is 0.306 e. The fraction of sp³-hybridized carbons (Fsp3) is 0.940. The van der Waals surface area contributed by atoms with Gasteiger partial charge in [0.25, 0.3) is 0 Å². The van der Waals surface area contributed by atoms with Gasteiger partial charge in [0.05, 0.1) is 0 Å². The molecule has 0 aromatic carbocycles. The Bertz CT molecular complexity index is 856. The van der Waals surface area contributed by atoms with Crippen molar-refractivity contribution in [1.82, 2.24) is 0 Å². The summed E-state index contributed by atoms with van der Waals surface area (Å²) in [4.78, 5) is 37.7. The maximum atomic E-state index is 12.7. The molecule has 332 valence electrons. The molecule has 6 heteroatoms. The van der Waals surface area contributed by atoms with Gasteiger partial charge in [-0.3, -0.25) is 14.4 Å². The Kier molecular flexibility index (Phi) is 41.8. The highest BCUT2D eigenvalue weighted by molar-refractivity contribution is 5.71. The van der Waals surface area contributed by atoms with E-state index in [1.54, 1.807) is 0 Å². The lowest BCUT2D eigenvalue weighted by Crippen LogP contribution is -2.30. The van der Waals surface area contributed by atoms with Crippen molar-refractivity contribution in [3.8, 4) is 0 Å². The number of hydrogen-bond donors (Lipinski definition) is 0. The van der Waals surface area contributed by atoms with Crippen LogP contribution < -0.4 is 0 Å². The van der Waals surface area contributed by atoms with Crippen molar-refractivity contribution in [3.05, 3.63) is 0 Å². The maximum absolute atomic E-state index is 12.7. The molecule has 0 N–H and O–H groups in total. The fourth-order valence-corrected chi connectivity index (χ4v) is 7.43. The second kappa shape index (κ2) is 43.0. The van der Waals surface area contributed by atoms with E-state index >= 15 is 0 Å². The summed E-state index contributed by atoms with van der Waals surface area (Å²) in [6.07, 6.45) is 42.4. The van der Waals surface area contributed by atoms with Gasteiger partial charge in [0, 0.05) is 19.3 Å². The molecule has 0 amide bonds. The largest absolute Gasteiger partial charge is 0.462 e. The molecule has 56 heavy (non-hydrogen) atoms. The van der Waals surface area contributed by atoms with E-state index in [9.17, 15) is 14.4 Å². The van der Waals surface area contributed by atoms with Gasteiger partial charge in [-0.25, -0.2) is 0 Å². The van der Waals surface area contributed by atoms with Gasteiger partial charge in [-0.1, -0.05) is 234 Å². The van der Waals surface area contributed by atoms with Crippen molar-refractivity contribution < 1.29 is 28.6 Å². The Hall–Kier alpha value is -1.59. The molecular weight excluding hydrogens is 697 g/mol. The van der Waals surface area contributed by atoms with Crippen LogP contribution in [0.5, 0.6) is 0 Å². The van der Waals surface area contributed by atoms with Gasteiger partial charge in [-0.05, 0) is 31.1 Å². The summed E-state index contributed by atoms with van der Waals surface area (Å²) in [5, 5.41) is 0. The normalized spacial score (nSPS) is 12.5. The van der Waals surface area contributed by atoms with Gasteiger partial charge in [-0.15, -0.1) is 0 Å². The molecule has 2 atom stereocenters. The lowest BCUT2D eigenvalue weighted by atomic mass is 10.00. The van der Waals surface area contributed by atoms with Crippen molar-refractivity contribution in [2.75, 3.05) is 13.2 Å². The van der Waals surface area contributed by atoms with Crippen LogP contribution in [0.1, 0.15) is 272 Å². The number of hydrogen-bond acceptors (Lipinski definition) is 6. The third kappa shape index (κ3) is 42.0. The van der Waals surface area contributed by atoms with Gasteiger partial charge in [0.2, 0.25) is 0 Å². The summed E-state index contributed by atoms with van der Waals surface area (Å²) in [6.45, 7) is 11.3. The highest BCUT2D eigenvalue weighted by Crippen LogP contribution is 2.17. The highest BCUT2D eigenvalue weighted by Gasteiger charge is 2.19. The summed E-state index contributed by atoms with van der Waals surface area (Å²) >= 11 is 0. The average Bonchev–Trinajstić information content (AvgIpc) is 3.18. The minimum Gasteiger partial charge on any atom is -0.462 e. The Balaban J connectivity index is 4.20. The number of carbonyl (C=O) groups excluding carboxylic acids is 3. The lowest BCUT2D eigenvalue weighted by molar-refractivity contribution is -0.167. The third-order valence-electron chi connectivity index (χ3n) is 11.6. The van der Waals surface area contributed by atoms with E-state index in [1.165, 1.54) is 161 Å². The Morgan fingerprint density at radius 2 is 0.679 bits per heavy atom. The molecule has 0 aromatic rings. The standard InChI is InChI=1S/C50H96O6/c1-6-8-9-10-11-20-25-32-37-42-50(53)56-47(44-55-49(52)41-36-31-27-26-29-34-39-46(5)7-2)43-54-48(51)40-35-30-24-22-19-17-15-13-12-14-16-18-21-23-28-33-38-45(3)4/h45-47H,6-44H2,1-5H3/t46?,47-/m0/s1. The Morgan fingerprint density at radius 1 is 0.375 bits per heavy atom. The monoisotopic (exact) mass is 793 g/mol. The fourth-order valence-electron chi connectivity index (χ4n) is 7.43. The Morgan fingerprint density at radius 3 is 1.02 bits per heavy atom. The first-order valence-electron chi connectivity index (χ1n) is 24.8. The van der Waals surface area contributed by atoms with Crippen LogP contribution in [-0.2, 0) is 28.6 Å². The van der Waals surface area contributed by atoms with E-state index in [0.717, 1.165) is 69.6 Å². The average molecular weight is 793 g/mol. The molecule has 0 aromatic heterocycles. The Labute approximate surface area is 348 Å². The smallest absolute Gasteiger partial charge is 0.306 e. The zero-order valence-electron chi connectivity index (χ0n) is 38.3. The predicted molar refractivity (Wildman–Crippen MR) is 238 cm³/mol. The summed E-state index contributed by atoms with van der Waals surface area (Å²) < 4.78 is 16.7. The topological polar surface area (TPSA) is 78.9 Å². The van der Waals surface area contributed by atoms with Crippen molar-refractivity contribution in [2.24, 2.45) is 11.8 Å². The number of unbranched alkanes of at least 4 members (excludes halogenated alkanes) is 28. The quantitative estimate of drug-likeness (QED) is 0.0347. The SMILES string of the molecule is CCCCCCCCCCCC(=O)O[C@@H](COC(=O)CCCCCCCCCCCCCCCCCCC(C)C)COC(=O)CCCCCCCCC(C)CC. The lowest BCUT2D eigenvalue weighted by Gasteiger charge is -2.18. The van der Waals surface area contributed by atoms with E-state index in [-0.39, 0.29) is 31.1 Å². The van der Waals surface area contributed by atoms with E-state index in [2.05, 4.69) is 34.6 Å². The van der Waals surface area contributed by atoms with Crippen LogP contribution in [0.2, 0.25) is 0 Å². The number of ether oxygens (including phenoxy) is 3. The van der Waals surface area contributed by atoms with Crippen LogP contribution in [0.15, 0.2) is 0 Å². The zero-order chi connectivity index (χ0) is 41.2. The molecule has 0 spiro atoms. The summed E-state index contributed by atoms with van der Waals surface area (Å²) in [6, 6.07) is 0. The first-order valence-corrected chi connectivity index (χ1v) is 24.8. The van der Waals surface area contributed by atoms with Crippen molar-refractivity contribution in [3.63, 3.8) is 0 Å². The first-order chi connectivity index (χ1) is 27.3.